The van der Waals surface area contributed by atoms with Crippen LogP contribution in [0.1, 0.15) is 18.4 Å². The summed E-state index contributed by atoms with van der Waals surface area (Å²) in [6.07, 6.45) is 1.35. The van der Waals surface area contributed by atoms with E-state index in [4.69, 9.17) is 23.1 Å². The molecule has 1 aliphatic heterocycles. The molecule has 0 aromatic heterocycles. The van der Waals surface area contributed by atoms with Crippen molar-refractivity contribution in [1.82, 2.24) is 10.2 Å². The van der Waals surface area contributed by atoms with Crippen molar-refractivity contribution in [3.05, 3.63) is 40.8 Å². The Labute approximate surface area is 164 Å². The van der Waals surface area contributed by atoms with E-state index in [1.54, 1.807) is 6.08 Å². The minimum Gasteiger partial charge on any atom is -0.480 e. The number of amides is 3. The zero-order valence-electron chi connectivity index (χ0n) is 14.1. The number of nitrogens with one attached hydrogen (secondary N) is 1. The molecule has 1 saturated heterocycles. The van der Waals surface area contributed by atoms with E-state index in [1.807, 2.05) is 30.3 Å². The molecule has 1 fully saturated rings. The number of thioether (sulfide) groups is 1. The number of carbonyl (C=O) groups excluding carboxylic acids is 3. The second-order valence-electron chi connectivity index (χ2n) is 5.64. The van der Waals surface area contributed by atoms with Crippen LogP contribution in [0, 0.1) is 0 Å². The molecule has 0 unspecified atom stereocenters. The maximum absolute atomic E-state index is 12.5. The number of primary amides is 1. The first-order valence-electron chi connectivity index (χ1n) is 7.89. The normalized spacial score (nSPS) is 16.4. The van der Waals surface area contributed by atoms with Gasteiger partial charge in [0.15, 0.2) is 0 Å². The molecule has 1 heterocycles. The van der Waals surface area contributed by atoms with Crippen LogP contribution >= 0.6 is 24.0 Å². The highest BCUT2D eigenvalue weighted by atomic mass is 32.2. The van der Waals surface area contributed by atoms with Gasteiger partial charge in [0.25, 0.3) is 5.91 Å². The van der Waals surface area contributed by atoms with Crippen LogP contribution in [0.2, 0.25) is 0 Å². The van der Waals surface area contributed by atoms with Crippen molar-refractivity contribution in [3.8, 4) is 0 Å². The van der Waals surface area contributed by atoms with Crippen LogP contribution in [-0.4, -0.2) is 50.6 Å². The van der Waals surface area contributed by atoms with Crippen molar-refractivity contribution in [2.45, 2.75) is 18.9 Å². The summed E-state index contributed by atoms with van der Waals surface area (Å²) in [5, 5.41) is 11.4. The van der Waals surface area contributed by atoms with E-state index in [0.29, 0.717) is 4.91 Å². The Morgan fingerprint density at radius 2 is 1.96 bits per heavy atom. The van der Waals surface area contributed by atoms with Crippen molar-refractivity contribution in [2.24, 2.45) is 5.73 Å². The molecule has 3 amide bonds. The molecule has 4 N–H and O–H groups in total. The maximum Gasteiger partial charge on any atom is 0.326 e. The number of aliphatic carboxylic acids is 1. The van der Waals surface area contributed by atoms with E-state index < -0.39 is 36.3 Å². The smallest absolute Gasteiger partial charge is 0.326 e. The van der Waals surface area contributed by atoms with Crippen molar-refractivity contribution < 1.29 is 24.3 Å². The molecule has 0 radical (unpaired) electrons. The molecule has 1 atom stereocenters. The molecule has 10 heteroatoms. The largest absolute Gasteiger partial charge is 0.480 e. The average molecular weight is 407 g/mol. The first kappa shape index (κ1) is 20.6. The van der Waals surface area contributed by atoms with E-state index in [1.165, 1.54) is 0 Å². The van der Waals surface area contributed by atoms with Crippen molar-refractivity contribution in [3.63, 3.8) is 0 Å². The zero-order chi connectivity index (χ0) is 20.0. The minimum atomic E-state index is -1.29. The fraction of sp³-hybridized carbons (Fsp3) is 0.235. The predicted molar refractivity (Wildman–Crippen MR) is 104 cm³/mol. The molecule has 142 valence electrons. The van der Waals surface area contributed by atoms with Crippen molar-refractivity contribution >= 4 is 58.1 Å². The molecule has 1 aromatic rings. The summed E-state index contributed by atoms with van der Waals surface area (Å²) in [4.78, 5) is 48.1. The van der Waals surface area contributed by atoms with Gasteiger partial charge >= 0.3 is 5.97 Å². The van der Waals surface area contributed by atoms with Crippen LogP contribution in [0.4, 0.5) is 0 Å². The molecule has 1 aromatic carbocycles. The molecule has 8 nitrogen and oxygen atoms in total. The number of nitrogens with zero attached hydrogens (tertiary/aromatic N) is 1. The Hall–Kier alpha value is -2.72. The average Bonchev–Trinajstić information content (AvgIpc) is 2.86. The Morgan fingerprint density at radius 1 is 1.30 bits per heavy atom. The molecule has 2 rings (SSSR count). The van der Waals surface area contributed by atoms with Crippen LogP contribution in [0.15, 0.2) is 35.2 Å². The van der Waals surface area contributed by atoms with Crippen LogP contribution in [-0.2, 0) is 19.2 Å². The molecule has 0 saturated carbocycles. The van der Waals surface area contributed by atoms with E-state index in [-0.39, 0.29) is 17.2 Å². The number of carboxylic acid groups (broad SMARTS) is 1. The number of thiocarbonyl (C=S) groups is 1. The molecule has 27 heavy (non-hydrogen) atoms. The summed E-state index contributed by atoms with van der Waals surface area (Å²) in [6, 6.07) is 7.90. The fourth-order valence-corrected chi connectivity index (χ4v) is 3.52. The van der Waals surface area contributed by atoms with Gasteiger partial charge in [-0.2, -0.15) is 0 Å². The molecular weight excluding hydrogens is 390 g/mol. The van der Waals surface area contributed by atoms with Crippen LogP contribution < -0.4 is 11.1 Å². The maximum atomic E-state index is 12.5. The van der Waals surface area contributed by atoms with E-state index in [2.05, 4.69) is 5.32 Å². The van der Waals surface area contributed by atoms with E-state index in [0.717, 1.165) is 22.2 Å². The lowest BCUT2D eigenvalue weighted by molar-refractivity contribution is -0.142. The van der Waals surface area contributed by atoms with Crippen molar-refractivity contribution in [2.75, 3.05) is 6.54 Å². The Morgan fingerprint density at radius 3 is 2.56 bits per heavy atom. The lowest BCUT2D eigenvalue weighted by atomic mass is 10.1. The highest BCUT2D eigenvalue weighted by molar-refractivity contribution is 8.26. The summed E-state index contributed by atoms with van der Waals surface area (Å²) in [6.45, 7) is -0.406. The second-order valence-corrected chi connectivity index (χ2v) is 7.32. The monoisotopic (exact) mass is 407 g/mol. The molecule has 0 spiro atoms. The highest BCUT2D eigenvalue weighted by Crippen LogP contribution is 2.32. The third-order valence-electron chi connectivity index (χ3n) is 3.59. The summed E-state index contributed by atoms with van der Waals surface area (Å²) < 4.78 is 0.210. The van der Waals surface area contributed by atoms with Gasteiger partial charge in [-0.1, -0.05) is 54.3 Å². The summed E-state index contributed by atoms with van der Waals surface area (Å²) >= 11 is 6.22. The molecule has 0 bridgehead atoms. The van der Waals surface area contributed by atoms with Crippen LogP contribution in [0.3, 0.4) is 0 Å². The van der Waals surface area contributed by atoms with Gasteiger partial charge in [0.05, 0.1) is 4.91 Å². The number of hydrogen-bond donors (Lipinski definition) is 3. The first-order chi connectivity index (χ1) is 12.8. The number of rotatable bonds is 8. The van der Waals surface area contributed by atoms with Gasteiger partial charge in [0.2, 0.25) is 11.8 Å². The predicted octanol–water partition coefficient (Wildman–Crippen LogP) is 0.723. The summed E-state index contributed by atoms with van der Waals surface area (Å²) in [5.74, 6) is -3.07. The van der Waals surface area contributed by atoms with Crippen molar-refractivity contribution in [1.29, 1.82) is 0 Å². The third-order valence-corrected chi connectivity index (χ3v) is 4.96. The Bertz CT molecular complexity index is 810. The topological polar surface area (TPSA) is 130 Å². The molecular formula is C17H17N3O5S2. The van der Waals surface area contributed by atoms with Gasteiger partial charge in [-0.15, -0.1) is 0 Å². The minimum absolute atomic E-state index is 0.136. The standard InChI is InChI=1S/C17H17N3O5S2/c18-13(21)7-6-11(16(24)25)19-14(22)9-20-15(23)12(27-17(20)26)8-10-4-2-1-3-5-10/h1-5,8,11H,6-7,9H2,(H2,18,21)(H,19,22)(H,24,25)/b12-8-/t11-/m1/s1. The van der Waals surface area contributed by atoms with Gasteiger partial charge in [0.1, 0.15) is 16.9 Å². The fourth-order valence-electron chi connectivity index (χ4n) is 2.26. The van der Waals surface area contributed by atoms with E-state index in [9.17, 15) is 19.2 Å². The third kappa shape index (κ3) is 5.90. The zero-order valence-corrected chi connectivity index (χ0v) is 15.7. The summed E-state index contributed by atoms with van der Waals surface area (Å²) in [5.41, 5.74) is 5.81. The van der Waals surface area contributed by atoms with Gasteiger partial charge in [-0.3, -0.25) is 19.3 Å². The van der Waals surface area contributed by atoms with Gasteiger partial charge in [0, 0.05) is 6.42 Å². The Kier molecular flexibility index (Phi) is 7.08. The second kappa shape index (κ2) is 9.28. The lowest BCUT2D eigenvalue weighted by Gasteiger charge is -2.17. The van der Waals surface area contributed by atoms with Crippen LogP contribution in [0.25, 0.3) is 6.08 Å². The number of carbonyl (C=O) groups is 4. The van der Waals surface area contributed by atoms with Gasteiger partial charge in [-0.05, 0) is 18.1 Å². The SMILES string of the molecule is NC(=O)CC[C@@H](NC(=O)CN1C(=O)/C(=C/c2ccccc2)SC1=S)C(=O)O. The van der Waals surface area contributed by atoms with Crippen LogP contribution in [0.5, 0.6) is 0 Å². The molecule has 1 aliphatic rings. The number of benzene rings is 1. The lowest BCUT2D eigenvalue weighted by Crippen LogP contribution is -2.46. The number of carboxylic acids is 1. The number of hydrogen-bond acceptors (Lipinski definition) is 6. The summed E-state index contributed by atoms with van der Waals surface area (Å²) in [7, 11) is 0. The van der Waals surface area contributed by atoms with Gasteiger partial charge in [-0.25, -0.2) is 4.79 Å². The first-order valence-corrected chi connectivity index (χ1v) is 9.11. The molecule has 0 aliphatic carbocycles. The quantitative estimate of drug-likeness (QED) is 0.428. The number of nitrogens with two attached hydrogens (primary N) is 1. The highest BCUT2D eigenvalue weighted by Gasteiger charge is 2.34. The van der Waals surface area contributed by atoms with Gasteiger partial charge < -0.3 is 16.2 Å². The van der Waals surface area contributed by atoms with E-state index >= 15 is 0 Å². The Balaban J connectivity index is 2.01.